The van der Waals surface area contributed by atoms with Gasteiger partial charge in [0.25, 0.3) is 0 Å². The van der Waals surface area contributed by atoms with Crippen LogP contribution in [0.2, 0.25) is 0 Å². The molecule has 1 aromatic heterocycles. The zero-order valence-corrected chi connectivity index (χ0v) is 11.4. The molecule has 0 radical (unpaired) electrons. The average Bonchev–Trinajstić information content (AvgIpc) is 2.82. The van der Waals surface area contributed by atoms with E-state index in [1.807, 2.05) is 13.0 Å². The molecule has 96 valence electrons. The average molecular weight is 255 g/mol. The van der Waals surface area contributed by atoms with E-state index in [1.54, 1.807) is 11.3 Å². The number of thiophene rings is 1. The maximum atomic E-state index is 8.74. The highest BCUT2D eigenvalue weighted by atomic mass is 32.1. The summed E-state index contributed by atoms with van der Waals surface area (Å²) in [5.74, 6) is 0.698. The number of hydrogen-bond donors (Lipinski definition) is 3. The molecule has 0 spiro atoms. The van der Waals surface area contributed by atoms with E-state index in [-0.39, 0.29) is 17.9 Å². The Labute approximate surface area is 107 Å². The molecule has 0 saturated heterocycles. The highest BCUT2D eigenvalue weighted by molar-refractivity contribution is 7.10. The van der Waals surface area contributed by atoms with E-state index in [1.165, 1.54) is 4.88 Å². The van der Waals surface area contributed by atoms with Crippen molar-refractivity contribution in [3.05, 3.63) is 22.4 Å². The number of rotatable bonds is 6. The van der Waals surface area contributed by atoms with Gasteiger partial charge < -0.3 is 10.9 Å². The highest BCUT2D eigenvalue weighted by Crippen LogP contribution is 2.26. The molecule has 0 aliphatic rings. The summed E-state index contributed by atoms with van der Waals surface area (Å²) in [6, 6.07) is 4.30. The first kappa shape index (κ1) is 14.0. The Morgan fingerprint density at radius 2 is 2.29 bits per heavy atom. The Kier molecular flexibility index (Phi) is 5.44. The monoisotopic (exact) mass is 255 g/mol. The van der Waals surface area contributed by atoms with Gasteiger partial charge in [0, 0.05) is 10.9 Å². The first-order valence-corrected chi connectivity index (χ1v) is 6.75. The number of amidine groups is 1. The van der Waals surface area contributed by atoms with Crippen molar-refractivity contribution < 1.29 is 5.21 Å². The molecular formula is C12H21N3OS. The fraction of sp³-hybridized carbons (Fsp3) is 0.583. The molecule has 0 amide bonds. The predicted octanol–water partition coefficient (Wildman–Crippen LogP) is 2.56. The summed E-state index contributed by atoms with van der Waals surface area (Å²) in [7, 11) is 0. The van der Waals surface area contributed by atoms with Crippen molar-refractivity contribution in [2.24, 2.45) is 16.8 Å². The minimum atomic E-state index is -0.0884. The molecule has 1 rings (SSSR count). The summed E-state index contributed by atoms with van der Waals surface area (Å²) in [5, 5.41) is 17.3. The maximum absolute atomic E-state index is 8.74. The quantitative estimate of drug-likeness (QED) is 0.317. The van der Waals surface area contributed by atoms with Crippen LogP contribution in [0, 0.1) is 5.92 Å². The van der Waals surface area contributed by atoms with Crippen molar-refractivity contribution in [2.45, 2.75) is 39.3 Å². The van der Waals surface area contributed by atoms with Gasteiger partial charge in [0.1, 0.15) is 0 Å². The first-order valence-electron chi connectivity index (χ1n) is 5.87. The zero-order valence-electron chi connectivity index (χ0n) is 10.6. The highest BCUT2D eigenvalue weighted by Gasteiger charge is 2.22. The second kappa shape index (κ2) is 6.61. The summed E-state index contributed by atoms with van der Waals surface area (Å²) in [5.41, 5.74) is 5.67. The van der Waals surface area contributed by atoms with Crippen LogP contribution in [0.15, 0.2) is 22.7 Å². The minimum absolute atomic E-state index is 0.0884. The third-order valence-electron chi connectivity index (χ3n) is 2.78. The van der Waals surface area contributed by atoms with E-state index in [0.29, 0.717) is 5.92 Å². The molecule has 4 N–H and O–H groups in total. The number of oxime groups is 1. The molecular weight excluding hydrogens is 234 g/mol. The smallest absolute Gasteiger partial charge is 0.156 e. The fourth-order valence-corrected chi connectivity index (χ4v) is 2.73. The van der Waals surface area contributed by atoms with Gasteiger partial charge >= 0.3 is 0 Å². The lowest BCUT2D eigenvalue weighted by molar-refractivity contribution is 0.310. The van der Waals surface area contributed by atoms with Gasteiger partial charge in [0.15, 0.2) is 5.84 Å². The molecule has 0 aliphatic heterocycles. The number of nitrogens with zero attached hydrogens (tertiary/aromatic N) is 1. The zero-order chi connectivity index (χ0) is 12.8. The lowest BCUT2D eigenvalue weighted by Crippen LogP contribution is -2.44. The van der Waals surface area contributed by atoms with Crippen LogP contribution < -0.4 is 11.1 Å². The van der Waals surface area contributed by atoms with E-state index in [4.69, 9.17) is 10.9 Å². The van der Waals surface area contributed by atoms with E-state index < -0.39 is 0 Å². The topological polar surface area (TPSA) is 70.6 Å². The standard InChI is InChI=1S/C12H21N3OS/c1-4-9(12(13)15-16)14-11(8(2)3)10-6-5-7-17-10/h5-9,11,14,16H,4H2,1-3H3,(H2,13,15). The van der Waals surface area contributed by atoms with Crippen LogP contribution >= 0.6 is 11.3 Å². The molecule has 5 heteroatoms. The summed E-state index contributed by atoms with van der Waals surface area (Å²) in [6.45, 7) is 6.34. The summed E-state index contributed by atoms with van der Waals surface area (Å²) in [6.07, 6.45) is 0.796. The summed E-state index contributed by atoms with van der Waals surface area (Å²) < 4.78 is 0. The van der Waals surface area contributed by atoms with Crippen molar-refractivity contribution in [3.8, 4) is 0 Å². The van der Waals surface area contributed by atoms with Crippen LogP contribution in [0.25, 0.3) is 0 Å². The van der Waals surface area contributed by atoms with Gasteiger partial charge in [-0.15, -0.1) is 11.3 Å². The van der Waals surface area contributed by atoms with Gasteiger partial charge in [-0.1, -0.05) is 32.0 Å². The van der Waals surface area contributed by atoms with Gasteiger partial charge in [0.2, 0.25) is 0 Å². The van der Waals surface area contributed by atoms with Gasteiger partial charge in [-0.25, -0.2) is 0 Å². The van der Waals surface area contributed by atoms with Crippen molar-refractivity contribution in [3.63, 3.8) is 0 Å². The maximum Gasteiger partial charge on any atom is 0.156 e. The van der Waals surface area contributed by atoms with Gasteiger partial charge in [-0.3, -0.25) is 5.32 Å². The van der Waals surface area contributed by atoms with E-state index in [9.17, 15) is 0 Å². The molecule has 0 aliphatic carbocycles. The first-order chi connectivity index (χ1) is 8.10. The molecule has 4 nitrogen and oxygen atoms in total. The molecule has 0 bridgehead atoms. The Hall–Kier alpha value is -1.07. The van der Waals surface area contributed by atoms with Crippen molar-refractivity contribution in [1.29, 1.82) is 0 Å². The van der Waals surface area contributed by atoms with Crippen molar-refractivity contribution >= 4 is 17.2 Å². The number of nitrogens with one attached hydrogen (secondary N) is 1. The second-order valence-corrected chi connectivity index (χ2v) is 5.37. The Balaban J connectivity index is 2.80. The predicted molar refractivity (Wildman–Crippen MR) is 72.5 cm³/mol. The lowest BCUT2D eigenvalue weighted by atomic mass is 10.0. The number of hydrogen-bond acceptors (Lipinski definition) is 4. The van der Waals surface area contributed by atoms with Crippen LogP contribution in [0.1, 0.15) is 38.1 Å². The van der Waals surface area contributed by atoms with Crippen molar-refractivity contribution in [1.82, 2.24) is 5.32 Å². The molecule has 0 fully saturated rings. The normalized spacial score (nSPS) is 16.1. The van der Waals surface area contributed by atoms with Crippen LogP contribution in [0.3, 0.4) is 0 Å². The molecule has 2 unspecified atom stereocenters. The van der Waals surface area contributed by atoms with Gasteiger partial charge in [0.05, 0.1) is 6.04 Å². The largest absolute Gasteiger partial charge is 0.409 e. The molecule has 1 aromatic rings. The van der Waals surface area contributed by atoms with Crippen LogP contribution in [0.5, 0.6) is 0 Å². The molecule has 0 saturated carbocycles. The SMILES string of the molecule is CCC(NC(c1cccs1)C(C)C)C(N)=NO. The Morgan fingerprint density at radius 3 is 2.71 bits per heavy atom. The molecule has 1 heterocycles. The second-order valence-electron chi connectivity index (χ2n) is 4.39. The molecule has 2 atom stereocenters. The Bertz CT molecular complexity index is 349. The van der Waals surface area contributed by atoms with Gasteiger partial charge in [-0.2, -0.15) is 0 Å². The van der Waals surface area contributed by atoms with E-state index >= 15 is 0 Å². The summed E-state index contributed by atoms with van der Waals surface area (Å²) >= 11 is 1.73. The minimum Gasteiger partial charge on any atom is -0.409 e. The lowest BCUT2D eigenvalue weighted by Gasteiger charge is -2.26. The Morgan fingerprint density at radius 1 is 1.59 bits per heavy atom. The van der Waals surface area contributed by atoms with E-state index in [0.717, 1.165) is 6.42 Å². The van der Waals surface area contributed by atoms with E-state index in [2.05, 4.69) is 35.8 Å². The summed E-state index contributed by atoms with van der Waals surface area (Å²) in [4.78, 5) is 1.28. The third kappa shape index (κ3) is 3.71. The van der Waals surface area contributed by atoms with Gasteiger partial charge in [-0.05, 0) is 23.8 Å². The fourth-order valence-electron chi connectivity index (χ4n) is 1.77. The molecule has 17 heavy (non-hydrogen) atoms. The van der Waals surface area contributed by atoms with Crippen molar-refractivity contribution in [2.75, 3.05) is 0 Å². The number of nitrogens with two attached hydrogens (primary N) is 1. The third-order valence-corrected chi connectivity index (χ3v) is 3.73. The van der Waals surface area contributed by atoms with Crippen LogP contribution in [-0.2, 0) is 0 Å². The van der Waals surface area contributed by atoms with Crippen LogP contribution in [0.4, 0.5) is 0 Å². The van der Waals surface area contributed by atoms with Crippen LogP contribution in [-0.4, -0.2) is 17.1 Å². The molecule has 0 aromatic carbocycles.